The van der Waals surface area contributed by atoms with Gasteiger partial charge >= 0.3 is 0 Å². The predicted octanol–water partition coefficient (Wildman–Crippen LogP) is 2.19. The lowest BCUT2D eigenvalue weighted by atomic mass is 9.99. The zero-order chi connectivity index (χ0) is 9.97. The maximum absolute atomic E-state index is 11.3. The Morgan fingerprint density at radius 3 is 2.64 bits per heavy atom. The van der Waals surface area contributed by atoms with Gasteiger partial charge in [0.05, 0.1) is 6.04 Å². The second-order valence-corrected chi connectivity index (χ2v) is 3.65. The minimum atomic E-state index is 0.0532. The molecule has 1 atom stereocenters. The highest BCUT2D eigenvalue weighted by molar-refractivity contribution is 5.80. The van der Waals surface area contributed by atoms with Crippen LogP contribution in [0.15, 0.2) is 42.0 Å². The molecule has 0 fully saturated rings. The normalized spacial score (nSPS) is 21.4. The third kappa shape index (κ3) is 1.84. The maximum atomic E-state index is 11.3. The maximum Gasteiger partial charge on any atom is 0.224 e. The van der Waals surface area contributed by atoms with Gasteiger partial charge in [0.2, 0.25) is 5.91 Å². The molecule has 14 heavy (non-hydrogen) atoms. The van der Waals surface area contributed by atoms with E-state index < -0.39 is 0 Å². The first-order valence-electron chi connectivity index (χ1n) is 4.77. The van der Waals surface area contributed by atoms with E-state index in [0.29, 0.717) is 6.42 Å². The van der Waals surface area contributed by atoms with Crippen molar-refractivity contribution < 1.29 is 4.79 Å². The molecule has 0 saturated carbocycles. The van der Waals surface area contributed by atoms with Crippen LogP contribution < -0.4 is 5.32 Å². The van der Waals surface area contributed by atoms with E-state index in [1.54, 1.807) is 0 Å². The van der Waals surface area contributed by atoms with Gasteiger partial charge in [0.25, 0.3) is 0 Å². The van der Waals surface area contributed by atoms with Gasteiger partial charge in [0.15, 0.2) is 0 Å². The highest BCUT2D eigenvalue weighted by Gasteiger charge is 2.17. The summed E-state index contributed by atoms with van der Waals surface area (Å²) in [6.07, 6.45) is 2.64. The minimum Gasteiger partial charge on any atom is -0.346 e. The minimum absolute atomic E-state index is 0.0532. The lowest BCUT2D eigenvalue weighted by Gasteiger charge is -2.21. The predicted molar refractivity (Wildman–Crippen MR) is 55.7 cm³/mol. The molecule has 0 radical (unpaired) electrons. The Hall–Kier alpha value is -1.57. The molecule has 2 heteroatoms. The first-order valence-corrected chi connectivity index (χ1v) is 4.77. The van der Waals surface area contributed by atoms with Gasteiger partial charge in [-0.25, -0.2) is 0 Å². The van der Waals surface area contributed by atoms with Crippen molar-refractivity contribution in [2.24, 2.45) is 0 Å². The fourth-order valence-electron chi connectivity index (χ4n) is 1.70. The molecule has 1 aliphatic rings. The van der Waals surface area contributed by atoms with Gasteiger partial charge < -0.3 is 5.32 Å². The first-order chi connectivity index (χ1) is 6.75. The zero-order valence-electron chi connectivity index (χ0n) is 8.16. The van der Waals surface area contributed by atoms with Crippen LogP contribution >= 0.6 is 0 Å². The third-order valence-corrected chi connectivity index (χ3v) is 2.37. The van der Waals surface area contributed by atoms with Crippen molar-refractivity contribution in [3.05, 3.63) is 47.5 Å². The van der Waals surface area contributed by atoms with Crippen molar-refractivity contribution in [1.29, 1.82) is 0 Å². The molecule has 0 saturated heterocycles. The van der Waals surface area contributed by atoms with Crippen LogP contribution in [0.1, 0.15) is 24.9 Å². The van der Waals surface area contributed by atoms with Crippen molar-refractivity contribution in [2.45, 2.75) is 19.4 Å². The van der Waals surface area contributed by atoms with E-state index in [4.69, 9.17) is 0 Å². The van der Waals surface area contributed by atoms with Crippen LogP contribution in [0.3, 0.4) is 0 Å². The topological polar surface area (TPSA) is 29.1 Å². The Morgan fingerprint density at radius 1 is 1.29 bits per heavy atom. The van der Waals surface area contributed by atoms with Crippen LogP contribution in [0.2, 0.25) is 0 Å². The molecule has 2 rings (SSSR count). The van der Waals surface area contributed by atoms with Crippen LogP contribution in [-0.4, -0.2) is 5.91 Å². The SMILES string of the molecule is CC1=CC(c2ccccc2)NC(=O)C1. The Morgan fingerprint density at radius 2 is 2.00 bits per heavy atom. The van der Waals surface area contributed by atoms with Crippen molar-refractivity contribution >= 4 is 5.91 Å². The molecule has 1 N–H and O–H groups in total. The van der Waals surface area contributed by atoms with E-state index in [1.807, 2.05) is 37.3 Å². The quantitative estimate of drug-likeness (QED) is 0.671. The molecule has 1 aromatic carbocycles. The van der Waals surface area contributed by atoms with Gasteiger partial charge in [-0.3, -0.25) is 4.79 Å². The first kappa shape index (κ1) is 9.00. The second-order valence-electron chi connectivity index (χ2n) is 3.65. The Kier molecular flexibility index (Phi) is 2.35. The molecule has 0 aromatic heterocycles. The highest BCUT2D eigenvalue weighted by Crippen LogP contribution is 2.20. The average molecular weight is 187 g/mol. The summed E-state index contributed by atoms with van der Waals surface area (Å²) >= 11 is 0. The van der Waals surface area contributed by atoms with Crippen LogP contribution in [-0.2, 0) is 4.79 Å². The standard InChI is InChI=1S/C12H13NO/c1-9-7-11(13-12(14)8-9)10-5-3-2-4-6-10/h2-7,11H,8H2,1H3,(H,13,14). The van der Waals surface area contributed by atoms with E-state index in [-0.39, 0.29) is 11.9 Å². The summed E-state index contributed by atoms with van der Waals surface area (Å²) < 4.78 is 0. The summed E-state index contributed by atoms with van der Waals surface area (Å²) in [6.45, 7) is 1.99. The Balaban J connectivity index is 2.28. The molecule has 2 nitrogen and oxygen atoms in total. The summed E-state index contributed by atoms with van der Waals surface area (Å²) in [6, 6.07) is 10.1. The van der Waals surface area contributed by atoms with Crippen LogP contribution in [0.4, 0.5) is 0 Å². The number of hydrogen-bond acceptors (Lipinski definition) is 1. The summed E-state index contributed by atoms with van der Waals surface area (Å²) in [5.74, 6) is 0.110. The lowest BCUT2D eigenvalue weighted by molar-refractivity contribution is -0.121. The van der Waals surface area contributed by atoms with Gasteiger partial charge in [-0.15, -0.1) is 0 Å². The molecule has 1 amide bonds. The molecule has 1 heterocycles. The molecular formula is C12H13NO. The number of amides is 1. The smallest absolute Gasteiger partial charge is 0.224 e. The van der Waals surface area contributed by atoms with Gasteiger partial charge in [-0.05, 0) is 12.5 Å². The molecule has 1 unspecified atom stereocenters. The molecule has 1 aliphatic heterocycles. The number of carbonyl (C=O) groups is 1. The summed E-state index contributed by atoms with van der Waals surface area (Å²) in [4.78, 5) is 11.3. The van der Waals surface area contributed by atoms with E-state index in [0.717, 1.165) is 11.1 Å². The molecule has 0 spiro atoms. The van der Waals surface area contributed by atoms with Gasteiger partial charge in [-0.2, -0.15) is 0 Å². The summed E-state index contributed by atoms with van der Waals surface area (Å²) in [7, 11) is 0. The second kappa shape index (κ2) is 3.66. The fraction of sp³-hybridized carbons (Fsp3) is 0.250. The molecule has 0 aliphatic carbocycles. The molecule has 72 valence electrons. The summed E-state index contributed by atoms with van der Waals surface area (Å²) in [5.41, 5.74) is 2.28. The van der Waals surface area contributed by atoms with Crippen molar-refractivity contribution in [1.82, 2.24) is 5.32 Å². The monoisotopic (exact) mass is 187 g/mol. The van der Waals surface area contributed by atoms with Crippen molar-refractivity contribution in [3.8, 4) is 0 Å². The molecule has 1 aromatic rings. The van der Waals surface area contributed by atoms with Crippen molar-refractivity contribution in [2.75, 3.05) is 0 Å². The van der Waals surface area contributed by atoms with Gasteiger partial charge in [-0.1, -0.05) is 42.0 Å². The van der Waals surface area contributed by atoms with Crippen molar-refractivity contribution in [3.63, 3.8) is 0 Å². The number of carbonyl (C=O) groups excluding carboxylic acids is 1. The fourth-order valence-corrected chi connectivity index (χ4v) is 1.70. The number of hydrogen-bond donors (Lipinski definition) is 1. The average Bonchev–Trinajstić information content (AvgIpc) is 2.18. The van der Waals surface area contributed by atoms with E-state index in [2.05, 4.69) is 11.4 Å². The van der Waals surface area contributed by atoms with E-state index >= 15 is 0 Å². The molecular weight excluding hydrogens is 174 g/mol. The van der Waals surface area contributed by atoms with Gasteiger partial charge in [0, 0.05) is 6.42 Å². The number of rotatable bonds is 1. The van der Waals surface area contributed by atoms with E-state index in [9.17, 15) is 4.79 Å². The highest BCUT2D eigenvalue weighted by atomic mass is 16.1. The zero-order valence-corrected chi connectivity index (χ0v) is 8.16. The lowest BCUT2D eigenvalue weighted by Crippen LogP contribution is -2.30. The summed E-state index contributed by atoms with van der Waals surface area (Å²) in [5, 5.41) is 2.95. The van der Waals surface area contributed by atoms with Crippen LogP contribution in [0.5, 0.6) is 0 Å². The van der Waals surface area contributed by atoms with Crippen LogP contribution in [0, 0.1) is 0 Å². The number of nitrogens with one attached hydrogen (secondary N) is 1. The Bertz CT molecular complexity index is 367. The Labute approximate surface area is 83.6 Å². The third-order valence-electron chi connectivity index (χ3n) is 2.37. The molecule has 0 bridgehead atoms. The largest absolute Gasteiger partial charge is 0.346 e. The van der Waals surface area contributed by atoms with Gasteiger partial charge in [0.1, 0.15) is 0 Å². The number of benzene rings is 1. The van der Waals surface area contributed by atoms with E-state index in [1.165, 1.54) is 0 Å². The van der Waals surface area contributed by atoms with Crippen LogP contribution in [0.25, 0.3) is 0 Å².